The van der Waals surface area contributed by atoms with E-state index < -0.39 is 6.10 Å². The Labute approximate surface area is 55.1 Å². The Bertz CT molecular complexity index is 93.2. The number of piperidine rings is 1. The molecule has 1 rings (SSSR count). The maximum absolute atomic E-state index is 10.7. The molecular weight excluding hydrogens is 118 g/mol. The van der Waals surface area contributed by atoms with Gasteiger partial charge in [0.15, 0.2) is 0 Å². The lowest BCUT2D eigenvalue weighted by atomic mass is 10.1. The van der Waals surface area contributed by atoms with E-state index in [1.54, 1.807) is 7.05 Å². The van der Waals surface area contributed by atoms with E-state index >= 15 is 0 Å². The molecule has 0 unspecified atom stereocenters. The third-order valence-electron chi connectivity index (χ3n) is 1.87. The molecule has 53 valence electrons. The maximum atomic E-state index is 10.7. The molecule has 0 aromatic carbocycles. The lowest BCUT2D eigenvalue weighted by Gasteiger charge is -2.30. The summed E-state index contributed by atoms with van der Waals surface area (Å²) in [5.74, 6) is 0. The molecule has 0 atom stereocenters. The van der Waals surface area contributed by atoms with Gasteiger partial charge in [-0.1, -0.05) is 0 Å². The number of quaternary nitrogens is 1. The van der Waals surface area contributed by atoms with E-state index in [1.165, 1.54) is 0 Å². The van der Waals surface area contributed by atoms with Gasteiger partial charge in [0.1, 0.15) is 19.2 Å². The molecule has 0 spiro atoms. The average molecular weight is 131 g/mol. The molecule has 0 aromatic heterocycles. The lowest BCUT2D eigenvalue weighted by molar-refractivity contribution is -1.09. The van der Waals surface area contributed by atoms with Gasteiger partial charge in [0.05, 0.1) is 7.05 Å². The fourth-order valence-electron chi connectivity index (χ4n) is 1.10. The Morgan fingerprint density at radius 2 is 1.89 bits per heavy atom. The zero-order valence-corrected chi connectivity index (χ0v) is 5.71. The lowest BCUT2D eigenvalue weighted by Crippen LogP contribution is -2.47. The standard InChI is InChI=1S/C6H13NO2/c1-7(9)4-2-6(8)3-5-7/h6,9H,2-5H2,1H3/q+1. The van der Waals surface area contributed by atoms with Crippen molar-refractivity contribution in [3.05, 3.63) is 0 Å². The van der Waals surface area contributed by atoms with Crippen molar-refractivity contribution in [2.75, 3.05) is 20.1 Å². The smallest absolute Gasteiger partial charge is 0.111 e. The molecule has 1 aliphatic heterocycles. The van der Waals surface area contributed by atoms with Crippen LogP contribution in [0.2, 0.25) is 0 Å². The first-order valence-electron chi connectivity index (χ1n) is 3.33. The number of nitrogens with zero attached hydrogens (tertiary/aromatic N) is 1. The van der Waals surface area contributed by atoms with Crippen molar-refractivity contribution in [2.45, 2.75) is 18.9 Å². The molecule has 0 bridgehead atoms. The third-order valence-corrected chi connectivity index (χ3v) is 1.87. The number of rotatable bonds is 0. The van der Waals surface area contributed by atoms with E-state index in [0.717, 1.165) is 0 Å². The average Bonchev–Trinajstić information content (AvgIpc) is 1.78. The monoisotopic (exact) mass is 131 g/mol. The van der Waals surface area contributed by atoms with Gasteiger partial charge in [-0.3, -0.25) is 0 Å². The van der Waals surface area contributed by atoms with Crippen LogP contribution in [0.3, 0.4) is 0 Å². The molecule has 3 heteroatoms. The highest BCUT2D eigenvalue weighted by atomic mass is 16.5. The second-order valence-corrected chi connectivity index (χ2v) is 2.99. The molecule has 1 saturated heterocycles. The van der Waals surface area contributed by atoms with Crippen LogP contribution in [-0.2, 0) is 5.11 Å². The van der Waals surface area contributed by atoms with E-state index in [0.29, 0.717) is 25.9 Å². The van der Waals surface area contributed by atoms with Crippen molar-refractivity contribution in [2.24, 2.45) is 0 Å². The summed E-state index contributed by atoms with van der Waals surface area (Å²) in [7, 11) is 1.74. The minimum absolute atomic E-state index is 0.0404. The van der Waals surface area contributed by atoms with Gasteiger partial charge >= 0.3 is 0 Å². The van der Waals surface area contributed by atoms with Crippen LogP contribution in [0.4, 0.5) is 0 Å². The molecular formula is C6H13NO2+. The largest absolute Gasteiger partial charge is 0.233 e. The van der Waals surface area contributed by atoms with Crippen molar-refractivity contribution < 1.29 is 15.0 Å². The normalized spacial score (nSPS) is 45.0. The molecule has 1 N–H and O–H groups in total. The Morgan fingerprint density at radius 3 is 2.22 bits per heavy atom. The highest BCUT2D eigenvalue weighted by Crippen LogP contribution is 2.13. The highest BCUT2D eigenvalue weighted by molar-refractivity contribution is 4.57. The van der Waals surface area contributed by atoms with Crippen LogP contribution in [0, 0.1) is 0 Å². The number of hydrogen-bond donors (Lipinski definition) is 1. The summed E-state index contributed by atoms with van der Waals surface area (Å²) < 4.78 is 0.0404. The zero-order chi connectivity index (χ0) is 6.91. The summed E-state index contributed by atoms with van der Waals surface area (Å²) in [6.45, 7) is 1.24. The summed E-state index contributed by atoms with van der Waals surface area (Å²) >= 11 is 0. The van der Waals surface area contributed by atoms with Gasteiger partial charge in [0.2, 0.25) is 0 Å². The second-order valence-electron chi connectivity index (χ2n) is 2.99. The fourth-order valence-corrected chi connectivity index (χ4v) is 1.10. The van der Waals surface area contributed by atoms with Gasteiger partial charge in [0.25, 0.3) is 0 Å². The molecule has 0 aromatic rings. The first kappa shape index (κ1) is 6.99. The van der Waals surface area contributed by atoms with Gasteiger partial charge in [-0.2, -0.15) is 4.65 Å². The molecule has 0 saturated carbocycles. The van der Waals surface area contributed by atoms with E-state index in [1.807, 2.05) is 0 Å². The van der Waals surface area contributed by atoms with Crippen molar-refractivity contribution >= 4 is 0 Å². The van der Waals surface area contributed by atoms with Crippen molar-refractivity contribution in [1.29, 1.82) is 0 Å². The number of likely N-dealkylation sites (tertiary alicyclic amines) is 1. The van der Waals surface area contributed by atoms with Crippen LogP contribution in [0.5, 0.6) is 0 Å². The zero-order valence-electron chi connectivity index (χ0n) is 5.71. The molecule has 0 amide bonds. The summed E-state index contributed by atoms with van der Waals surface area (Å²) in [4.78, 5) is 0. The van der Waals surface area contributed by atoms with Crippen LogP contribution < -0.4 is 0 Å². The topological polar surface area (TPSA) is 40.1 Å². The fraction of sp³-hybridized carbons (Fsp3) is 1.00. The first-order valence-corrected chi connectivity index (χ1v) is 3.33. The molecule has 0 aliphatic carbocycles. The number of hydroxylamine groups is 3. The Balaban J connectivity index is 2.35. The van der Waals surface area contributed by atoms with Gasteiger partial charge in [0, 0.05) is 12.8 Å². The molecule has 1 fully saturated rings. The van der Waals surface area contributed by atoms with Gasteiger partial charge < -0.3 is 0 Å². The molecule has 9 heavy (non-hydrogen) atoms. The van der Waals surface area contributed by atoms with Crippen molar-refractivity contribution in [3.63, 3.8) is 0 Å². The van der Waals surface area contributed by atoms with E-state index in [-0.39, 0.29) is 4.65 Å². The highest BCUT2D eigenvalue weighted by Gasteiger charge is 2.27. The summed E-state index contributed by atoms with van der Waals surface area (Å²) in [6, 6.07) is 0. The summed E-state index contributed by atoms with van der Waals surface area (Å²) in [5, 5.41) is 20.0. The van der Waals surface area contributed by atoms with E-state index in [9.17, 15) is 10.3 Å². The minimum Gasteiger partial charge on any atom is -0.233 e. The molecule has 1 radical (unpaired) electrons. The van der Waals surface area contributed by atoms with Crippen LogP contribution in [-0.4, -0.2) is 36.1 Å². The van der Waals surface area contributed by atoms with Crippen LogP contribution in [0.1, 0.15) is 12.8 Å². The Kier molecular flexibility index (Phi) is 1.75. The molecule has 1 aliphatic rings. The van der Waals surface area contributed by atoms with E-state index in [2.05, 4.69) is 0 Å². The molecule has 1 heterocycles. The summed E-state index contributed by atoms with van der Waals surface area (Å²) in [5.41, 5.74) is 0. The van der Waals surface area contributed by atoms with E-state index in [4.69, 9.17) is 0 Å². The SMILES string of the molecule is C[N+]1(O)CCC([O])CC1. The van der Waals surface area contributed by atoms with Crippen LogP contribution in [0.15, 0.2) is 0 Å². The van der Waals surface area contributed by atoms with Gasteiger partial charge in [-0.05, 0) is 0 Å². The first-order chi connectivity index (χ1) is 4.10. The van der Waals surface area contributed by atoms with Crippen LogP contribution >= 0.6 is 0 Å². The maximum Gasteiger partial charge on any atom is 0.111 e. The quantitative estimate of drug-likeness (QED) is 0.475. The third kappa shape index (κ3) is 1.93. The minimum atomic E-state index is -0.427. The second kappa shape index (κ2) is 2.25. The van der Waals surface area contributed by atoms with Gasteiger partial charge in [-0.15, -0.1) is 0 Å². The van der Waals surface area contributed by atoms with Crippen LogP contribution in [0.25, 0.3) is 0 Å². The van der Waals surface area contributed by atoms with Crippen molar-refractivity contribution in [1.82, 2.24) is 0 Å². The van der Waals surface area contributed by atoms with Gasteiger partial charge in [-0.25, -0.2) is 10.3 Å². The molecule has 3 nitrogen and oxygen atoms in total. The number of hydrogen-bond acceptors (Lipinski definition) is 1. The Morgan fingerprint density at radius 1 is 1.44 bits per heavy atom. The Hall–Kier alpha value is -0.120. The predicted octanol–water partition coefficient (Wildman–Crippen LogP) is 0.415. The summed E-state index contributed by atoms with van der Waals surface area (Å²) in [6.07, 6.45) is 0.809. The van der Waals surface area contributed by atoms with Crippen molar-refractivity contribution in [3.8, 4) is 0 Å². The predicted molar refractivity (Wildman–Crippen MR) is 31.4 cm³/mol.